The molecule has 0 saturated carbocycles. The number of carbonyl (C=O) groups excluding carboxylic acids is 5. The van der Waals surface area contributed by atoms with E-state index in [1.807, 2.05) is 0 Å². The van der Waals surface area contributed by atoms with Crippen molar-refractivity contribution < 1.29 is 43.3 Å². The normalized spacial score (nSPS) is 18.4. The van der Waals surface area contributed by atoms with Crippen LogP contribution in [0.2, 0.25) is 0 Å². The first-order valence-electron chi connectivity index (χ1n) is 10.2. The van der Waals surface area contributed by atoms with Crippen LogP contribution in [0.25, 0.3) is 0 Å². The number of amides is 2. The van der Waals surface area contributed by atoms with Crippen LogP contribution in [0.15, 0.2) is 0 Å². The molecule has 2 amide bonds. The van der Waals surface area contributed by atoms with Gasteiger partial charge in [0, 0.05) is 19.4 Å². The summed E-state index contributed by atoms with van der Waals surface area (Å²) in [5, 5.41) is 14.4. The first kappa shape index (κ1) is 27.0. The molecule has 0 aromatic carbocycles. The van der Waals surface area contributed by atoms with Crippen molar-refractivity contribution in [1.29, 1.82) is 0 Å². The summed E-state index contributed by atoms with van der Waals surface area (Å²) in [7, 11) is 0. The summed E-state index contributed by atoms with van der Waals surface area (Å²) < 4.78 is 9.71. The van der Waals surface area contributed by atoms with Crippen molar-refractivity contribution in [1.82, 2.24) is 10.6 Å². The number of ether oxygens (including phenoxy) is 2. The van der Waals surface area contributed by atoms with Gasteiger partial charge in [0.1, 0.15) is 18.1 Å². The van der Waals surface area contributed by atoms with Gasteiger partial charge in [0.2, 0.25) is 17.9 Å². The Morgan fingerprint density at radius 1 is 1.22 bits per heavy atom. The number of rotatable bonds is 13. The van der Waals surface area contributed by atoms with E-state index in [9.17, 15) is 33.9 Å². The molecular formula is C19H30N4O9. The summed E-state index contributed by atoms with van der Waals surface area (Å²) in [6.07, 6.45) is -1.40. The van der Waals surface area contributed by atoms with Gasteiger partial charge in [-0.2, -0.15) is 0 Å². The molecule has 180 valence electrons. The second-order valence-electron chi connectivity index (χ2n) is 7.86. The average Bonchev–Trinajstić information content (AvgIpc) is 3.13. The van der Waals surface area contributed by atoms with Crippen molar-refractivity contribution in [2.45, 2.75) is 70.2 Å². The quantitative estimate of drug-likeness (QED) is 0.149. The summed E-state index contributed by atoms with van der Waals surface area (Å²) in [4.78, 5) is 70.0. The molecule has 1 saturated heterocycles. The van der Waals surface area contributed by atoms with Crippen molar-refractivity contribution in [3.05, 3.63) is 0 Å². The zero-order chi connectivity index (χ0) is 24.4. The Morgan fingerprint density at radius 2 is 1.88 bits per heavy atom. The molecule has 0 aromatic heterocycles. The SMILES string of the molecule is CC(C)C[C@H](NCC(OC(=O)[C@@H]1CCC(=O)N1)C(=O)O)C(=O)OC(=O)[C@@H](N)CCC(N)=O. The number of carbonyl (C=O) groups is 6. The highest BCUT2D eigenvalue weighted by atomic mass is 16.6. The van der Waals surface area contributed by atoms with Crippen LogP contribution in [-0.4, -0.2) is 71.6 Å². The van der Waals surface area contributed by atoms with Crippen LogP contribution in [0, 0.1) is 5.92 Å². The number of hydrogen-bond donors (Lipinski definition) is 5. The second-order valence-corrected chi connectivity index (χ2v) is 7.86. The molecule has 7 N–H and O–H groups in total. The lowest BCUT2D eigenvalue weighted by Gasteiger charge is -2.22. The smallest absolute Gasteiger partial charge is 0.346 e. The van der Waals surface area contributed by atoms with Crippen molar-refractivity contribution in [2.75, 3.05) is 6.54 Å². The highest BCUT2D eigenvalue weighted by molar-refractivity contribution is 5.91. The lowest BCUT2D eigenvalue weighted by atomic mass is 10.0. The molecule has 13 nitrogen and oxygen atoms in total. The Morgan fingerprint density at radius 3 is 2.38 bits per heavy atom. The van der Waals surface area contributed by atoms with E-state index in [0.29, 0.717) is 0 Å². The predicted molar refractivity (Wildman–Crippen MR) is 107 cm³/mol. The van der Waals surface area contributed by atoms with Gasteiger partial charge < -0.3 is 36.7 Å². The molecular weight excluding hydrogens is 428 g/mol. The van der Waals surface area contributed by atoms with Gasteiger partial charge in [0.25, 0.3) is 0 Å². The van der Waals surface area contributed by atoms with Crippen molar-refractivity contribution >= 4 is 35.7 Å². The number of nitrogens with one attached hydrogen (secondary N) is 2. The third-order valence-electron chi connectivity index (χ3n) is 4.56. The molecule has 1 aliphatic rings. The van der Waals surface area contributed by atoms with Crippen LogP contribution in [0.1, 0.15) is 46.0 Å². The summed E-state index contributed by atoms with van der Waals surface area (Å²) in [6.45, 7) is 3.13. The molecule has 4 atom stereocenters. The molecule has 1 rings (SSSR count). The summed E-state index contributed by atoms with van der Waals surface area (Å²) in [5.41, 5.74) is 10.6. The Balaban J connectivity index is 2.70. The van der Waals surface area contributed by atoms with E-state index in [0.717, 1.165) is 0 Å². The number of primary amides is 1. The zero-order valence-corrected chi connectivity index (χ0v) is 18.0. The molecule has 1 fully saturated rings. The van der Waals surface area contributed by atoms with E-state index in [2.05, 4.69) is 10.6 Å². The number of carboxylic acids is 1. The number of carboxylic acid groups (broad SMARTS) is 1. The lowest BCUT2D eigenvalue weighted by molar-refractivity contribution is -0.166. The number of nitrogens with two attached hydrogens (primary N) is 2. The van der Waals surface area contributed by atoms with Gasteiger partial charge >= 0.3 is 23.9 Å². The van der Waals surface area contributed by atoms with Gasteiger partial charge in [0.05, 0.1) is 0 Å². The zero-order valence-electron chi connectivity index (χ0n) is 18.0. The fraction of sp³-hybridized carbons (Fsp3) is 0.684. The largest absolute Gasteiger partial charge is 0.478 e. The van der Waals surface area contributed by atoms with Crippen molar-refractivity contribution in [3.63, 3.8) is 0 Å². The van der Waals surface area contributed by atoms with Gasteiger partial charge in [0.15, 0.2) is 0 Å². The molecule has 0 aromatic rings. The molecule has 1 heterocycles. The molecule has 1 aliphatic heterocycles. The summed E-state index contributed by atoms with van der Waals surface area (Å²) >= 11 is 0. The van der Waals surface area contributed by atoms with Gasteiger partial charge in [-0.25, -0.2) is 19.2 Å². The molecule has 0 radical (unpaired) electrons. The molecule has 13 heteroatoms. The fourth-order valence-corrected chi connectivity index (χ4v) is 2.84. The minimum Gasteiger partial charge on any atom is -0.478 e. The monoisotopic (exact) mass is 458 g/mol. The van der Waals surface area contributed by atoms with Gasteiger partial charge in [-0.15, -0.1) is 0 Å². The molecule has 32 heavy (non-hydrogen) atoms. The molecule has 0 aliphatic carbocycles. The van der Waals surface area contributed by atoms with E-state index in [-0.39, 0.29) is 43.9 Å². The molecule has 0 spiro atoms. The first-order chi connectivity index (χ1) is 14.9. The van der Waals surface area contributed by atoms with Gasteiger partial charge in [-0.1, -0.05) is 13.8 Å². The minimum absolute atomic E-state index is 0.0433. The van der Waals surface area contributed by atoms with Crippen molar-refractivity contribution in [3.8, 4) is 0 Å². The minimum atomic E-state index is -1.64. The number of aliphatic carboxylic acids is 1. The van der Waals surface area contributed by atoms with E-state index in [1.54, 1.807) is 13.8 Å². The maximum absolute atomic E-state index is 12.4. The molecule has 0 bridgehead atoms. The lowest BCUT2D eigenvalue weighted by Crippen LogP contribution is -2.48. The van der Waals surface area contributed by atoms with Gasteiger partial charge in [-0.3, -0.25) is 9.59 Å². The van der Waals surface area contributed by atoms with Crippen LogP contribution in [0.5, 0.6) is 0 Å². The van der Waals surface area contributed by atoms with Crippen LogP contribution in [0.3, 0.4) is 0 Å². The molecule has 1 unspecified atom stereocenters. The maximum atomic E-state index is 12.4. The Hall–Kier alpha value is -3.06. The standard InChI is InChI=1S/C19H30N4O9/c1-9(2)7-12(19(30)32-17(28)10(20)3-5-14(21)24)22-8-13(16(26)27)31-18(29)11-4-6-15(25)23-11/h9-13,22H,3-8,20H2,1-2H3,(H2,21,24)(H,23,25)(H,26,27)/t10-,11-,12-,13?/m0/s1. The number of esters is 3. The first-order valence-corrected chi connectivity index (χ1v) is 10.2. The third-order valence-corrected chi connectivity index (χ3v) is 4.56. The number of hydrogen-bond acceptors (Lipinski definition) is 10. The van der Waals surface area contributed by atoms with E-state index in [4.69, 9.17) is 20.9 Å². The second kappa shape index (κ2) is 12.7. The Kier molecular flexibility index (Phi) is 10.7. The van der Waals surface area contributed by atoms with Crippen LogP contribution < -0.4 is 22.1 Å². The highest BCUT2D eigenvalue weighted by Gasteiger charge is 2.33. The van der Waals surface area contributed by atoms with E-state index in [1.165, 1.54) is 0 Å². The third kappa shape index (κ3) is 9.39. The fourth-order valence-electron chi connectivity index (χ4n) is 2.84. The van der Waals surface area contributed by atoms with Crippen LogP contribution in [0.4, 0.5) is 0 Å². The highest BCUT2D eigenvalue weighted by Crippen LogP contribution is 2.11. The summed E-state index contributed by atoms with van der Waals surface area (Å²) in [6, 6.07) is -3.25. The van der Waals surface area contributed by atoms with Crippen LogP contribution in [-0.2, 0) is 38.2 Å². The topological polar surface area (TPSA) is 217 Å². The van der Waals surface area contributed by atoms with E-state index < -0.39 is 60.6 Å². The predicted octanol–water partition coefficient (Wildman–Crippen LogP) is -2.07. The Bertz CT molecular complexity index is 740. The van der Waals surface area contributed by atoms with E-state index >= 15 is 0 Å². The Labute approximate surface area is 184 Å². The summed E-state index contributed by atoms with van der Waals surface area (Å²) in [5.74, 6) is -5.44. The van der Waals surface area contributed by atoms with Gasteiger partial charge in [-0.05, 0) is 25.2 Å². The van der Waals surface area contributed by atoms with Crippen molar-refractivity contribution in [2.24, 2.45) is 17.4 Å². The average molecular weight is 458 g/mol. The van der Waals surface area contributed by atoms with Crippen LogP contribution >= 0.6 is 0 Å². The maximum Gasteiger partial charge on any atom is 0.346 e.